The predicted molar refractivity (Wildman–Crippen MR) is 119 cm³/mol. The van der Waals surface area contributed by atoms with Crippen molar-refractivity contribution in [2.45, 2.75) is 26.8 Å². The van der Waals surface area contributed by atoms with Crippen molar-refractivity contribution in [2.75, 3.05) is 36.4 Å². The lowest BCUT2D eigenvalue weighted by molar-refractivity contribution is 0.534. The van der Waals surface area contributed by atoms with Gasteiger partial charge in [-0.1, -0.05) is 11.6 Å². The highest BCUT2D eigenvalue weighted by atomic mass is 35.5. The molecule has 2 aromatic heterocycles. The molecule has 0 radical (unpaired) electrons. The summed E-state index contributed by atoms with van der Waals surface area (Å²) in [6.07, 6.45) is 1.54. The molecule has 3 heterocycles. The quantitative estimate of drug-likeness (QED) is 0.658. The Hall–Kier alpha value is -2.71. The number of nitrogens with zero attached hydrogens (tertiary/aromatic N) is 4. The first-order chi connectivity index (χ1) is 14.4. The summed E-state index contributed by atoms with van der Waals surface area (Å²) in [5, 5.41) is 7.62. The van der Waals surface area contributed by atoms with Crippen LogP contribution in [0.3, 0.4) is 0 Å². The van der Waals surface area contributed by atoms with Crippen LogP contribution in [0.25, 0.3) is 11.0 Å². The van der Waals surface area contributed by atoms with Crippen LogP contribution in [0.1, 0.15) is 25.5 Å². The van der Waals surface area contributed by atoms with Gasteiger partial charge in [0.05, 0.1) is 10.7 Å². The number of halogens is 2. The Bertz CT molecular complexity index is 1160. The number of anilines is 3. The van der Waals surface area contributed by atoms with E-state index in [4.69, 9.17) is 11.6 Å². The zero-order valence-electron chi connectivity index (χ0n) is 17.2. The highest BCUT2D eigenvalue weighted by molar-refractivity contribution is 6.33. The van der Waals surface area contributed by atoms with E-state index in [9.17, 15) is 9.18 Å². The molecule has 1 fully saturated rings. The predicted octanol–water partition coefficient (Wildman–Crippen LogP) is 3.63. The van der Waals surface area contributed by atoms with Crippen LogP contribution in [0.15, 0.2) is 29.2 Å². The fourth-order valence-electron chi connectivity index (χ4n) is 3.72. The molecule has 1 aliphatic heterocycles. The SMILES string of the molecule is Cc1c(F)c(=O)n(C(C)C)c2nc(Nc3ccc(N4CCNCC4)c(Cl)c3)ncc12. The van der Waals surface area contributed by atoms with Crippen molar-refractivity contribution in [3.63, 3.8) is 0 Å². The first-order valence-electron chi connectivity index (χ1n) is 9.96. The maximum Gasteiger partial charge on any atom is 0.288 e. The lowest BCUT2D eigenvalue weighted by Gasteiger charge is -2.30. The molecule has 2 N–H and O–H groups in total. The Morgan fingerprint density at radius 1 is 1.27 bits per heavy atom. The summed E-state index contributed by atoms with van der Waals surface area (Å²) in [5.41, 5.74) is 1.69. The van der Waals surface area contributed by atoms with Crippen LogP contribution in [0.5, 0.6) is 0 Å². The van der Waals surface area contributed by atoms with Crippen LogP contribution in [0.4, 0.5) is 21.7 Å². The molecular formula is C21H24ClFN6O. The van der Waals surface area contributed by atoms with Gasteiger partial charge in [0.15, 0.2) is 5.82 Å². The van der Waals surface area contributed by atoms with Crippen LogP contribution in [0.2, 0.25) is 5.02 Å². The second kappa shape index (κ2) is 8.20. The van der Waals surface area contributed by atoms with Gasteiger partial charge in [-0.15, -0.1) is 0 Å². The summed E-state index contributed by atoms with van der Waals surface area (Å²) in [7, 11) is 0. The van der Waals surface area contributed by atoms with Gasteiger partial charge in [-0.3, -0.25) is 9.36 Å². The van der Waals surface area contributed by atoms with E-state index in [-0.39, 0.29) is 11.6 Å². The van der Waals surface area contributed by atoms with Crippen molar-refractivity contribution >= 4 is 40.0 Å². The number of pyridine rings is 1. The number of nitrogens with one attached hydrogen (secondary N) is 2. The summed E-state index contributed by atoms with van der Waals surface area (Å²) in [6, 6.07) is 5.48. The van der Waals surface area contributed by atoms with Crippen LogP contribution in [0, 0.1) is 12.7 Å². The minimum atomic E-state index is -0.768. The monoisotopic (exact) mass is 430 g/mol. The van der Waals surface area contributed by atoms with Crippen molar-refractivity contribution in [3.05, 3.63) is 51.2 Å². The second-order valence-electron chi connectivity index (χ2n) is 7.67. The summed E-state index contributed by atoms with van der Waals surface area (Å²) < 4.78 is 15.7. The van der Waals surface area contributed by atoms with E-state index < -0.39 is 11.4 Å². The van der Waals surface area contributed by atoms with Gasteiger partial charge in [0.25, 0.3) is 5.56 Å². The first-order valence-corrected chi connectivity index (χ1v) is 10.3. The third kappa shape index (κ3) is 3.73. The molecular weight excluding hydrogens is 407 g/mol. The van der Waals surface area contributed by atoms with Crippen LogP contribution in [-0.2, 0) is 0 Å². The molecule has 3 aromatic rings. The highest BCUT2D eigenvalue weighted by Crippen LogP contribution is 2.30. The smallest absolute Gasteiger partial charge is 0.288 e. The first kappa shape index (κ1) is 20.6. The van der Waals surface area contributed by atoms with Gasteiger partial charge in [0, 0.05) is 55.1 Å². The summed E-state index contributed by atoms with van der Waals surface area (Å²) in [6.45, 7) is 8.87. The number of aromatic nitrogens is 3. The lowest BCUT2D eigenvalue weighted by atomic mass is 10.2. The molecule has 0 unspecified atom stereocenters. The average molecular weight is 431 g/mol. The fraction of sp³-hybridized carbons (Fsp3) is 0.381. The molecule has 0 bridgehead atoms. The normalized spacial score (nSPS) is 14.5. The third-order valence-corrected chi connectivity index (χ3v) is 5.62. The Morgan fingerprint density at radius 3 is 2.67 bits per heavy atom. The number of hydrogen-bond acceptors (Lipinski definition) is 6. The van der Waals surface area contributed by atoms with Crippen LogP contribution < -0.4 is 21.1 Å². The molecule has 0 aliphatic carbocycles. The van der Waals surface area contributed by atoms with E-state index in [1.807, 2.05) is 32.0 Å². The molecule has 9 heteroatoms. The summed E-state index contributed by atoms with van der Waals surface area (Å²) >= 11 is 6.52. The van der Waals surface area contributed by atoms with Crippen molar-refractivity contribution < 1.29 is 4.39 Å². The molecule has 1 aromatic carbocycles. The van der Waals surface area contributed by atoms with E-state index >= 15 is 0 Å². The van der Waals surface area contributed by atoms with Crippen molar-refractivity contribution in [1.29, 1.82) is 0 Å². The molecule has 0 atom stereocenters. The number of piperazine rings is 1. The number of benzene rings is 1. The minimum absolute atomic E-state index is 0.245. The fourth-order valence-corrected chi connectivity index (χ4v) is 4.02. The van der Waals surface area contributed by atoms with E-state index in [2.05, 4.69) is 25.5 Å². The number of rotatable bonds is 4. The van der Waals surface area contributed by atoms with Gasteiger partial charge in [0.1, 0.15) is 5.65 Å². The van der Waals surface area contributed by atoms with Gasteiger partial charge < -0.3 is 15.5 Å². The molecule has 7 nitrogen and oxygen atoms in total. The minimum Gasteiger partial charge on any atom is -0.368 e. The van der Waals surface area contributed by atoms with Crippen molar-refractivity contribution in [3.8, 4) is 0 Å². The maximum atomic E-state index is 14.3. The van der Waals surface area contributed by atoms with Crippen molar-refractivity contribution in [2.24, 2.45) is 0 Å². The van der Waals surface area contributed by atoms with Crippen molar-refractivity contribution in [1.82, 2.24) is 19.9 Å². The zero-order valence-corrected chi connectivity index (χ0v) is 17.9. The van der Waals surface area contributed by atoms with E-state index in [0.29, 0.717) is 22.0 Å². The second-order valence-corrected chi connectivity index (χ2v) is 8.07. The summed E-state index contributed by atoms with van der Waals surface area (Å²) in [5.74, 6) is -0.455. The molecule has 0 saturated carbocycles. The third-order valence-electron chi connectivity index (χ3n) is 5.31. The average Bonchev–Trinajstić information content (AvgIpc) is 2.73. The number of hydrogen-bond donors (Lipinski definition) is 2. The van der Waals surface area contributed by atoms with Gasteiger partial charge in [-0.05, 0) is 39.0 Å². The lowest BCUT2D eigenvalue weighted by Crippen LogP contribution is -2.43. The standard InChI is InChI=1S/C21H24ClFN6O/c1-12(2)29-19-15(13(3)18(23)20(29)30)11-25-21(27-19)26-14-4-5-17(16(22)10-14)28-8-6-24-7-9-28/h4-5,10-12,24H,6-9H2,1-3H3,(H,25,26,27). The molecule has 1 aliphatic rings. The largest absolute Gasteiger partial charge is 0.368 e. The Balaban J connectivity index is 1.69. The maximum absolute atomic E-state index is 14.3. The van der Waals surface area contributed by atoms with E-state index in [1.165, 1.54) is 10.8 Å². The van der Waals surface area contributed by atoms with E-state index in [0.717, 1.165) is 37.6 Å². The van der Waals surface area contributed by atoms with Crippen LogP contribution in [-0.4, -0.2) is 40.7 Å². The molecule has 1 saturated heterocycles. The van der Waals surface area contributed by atoms with Gasteiger partial charge >= 0.3 is 0 Å². The molecule has 4 rings (SSSR count). The van der Waals surface area contributed by atoms with E-state index in [1.54, 1.807) is 6.92 Å². The van der Waals surface area contributed by atoms with Gasteiger partial charge in [-0.2, -0.15) is 4.98 Å². The Kier molecular flexibility index (Phi) is 5.62. The molecule has 0 spiro atoms. The molecule has 158 valence electrons. The topological polar surface area (TPSA) is 75.1 Å². The Morgan fingerprint density at radius 2 is 2.00 bits per heavy atom. The van der Waals surface area contributed by atoms with Crippen LogP contribution >= 0.6 is 11.6 Å². The number of aryl methyl sites for hydroxylation is 1. The zero-order chi connectivity index (χ0) is 21.4. The molecule has 0 amide bonds. The summed E-state index contributed by atoms with van der Waals surface area (Å²) in [4.78, 5) is 23.5. The highest BCUT2D eigenvalue weighted by Gasteiger charge is 2.18. The van der Waals surface area contributed by atoms with Gasteiger partial charge in [0.2, 0.25) is 5.95 Å². The Labute approximate surface area is 178 Å². The molecule has 30 heavy (non-hydrogen) atoms. The number of fused-ring (bicyclic) bond motifs is 1. The van der Waals surface area contributed by atoms with Gasteiger partial charge in [-0.25, -0.2) is 9.37 Å².